The second kappa shape index (κ2) is 8.00. The third-order valence-corrected chi connectivity index (χ3v) is 2.75. The first-order valence-electron chi connectivity index (χ1n) is 6.92. The lowest BCUT2D eigenvalue weighted by molar-refractivity contribution is 0.362. The Balaban J connectivity index is 1.83. The van der Waals surface area contributed by atoms with Gasteiger partial charge < -0.3 is 10.1 Å². The van der Waals surface area contributed by atoms with Crippen LogP contribution in [0.15, 0.2) is 54.9 Å². The molecule has 2 aromatic rings. The van der Waals surface area contributed by atoms with Crippen LogP contribution in [0, 0.1) is 0 Å². The Hall–Kier alpha value is -2.29. The number of rotatable bonds is 7. The van der Waals surface area contributed by atoms with E-state index in [2.05, 4.69) is 29.4 Å². The highest BCUT2D eigenvalue weighted by Crippen LogP contribution is 2.15. The monoisotopic (exact) mass is 268 g/mol. The molecule has 104 valence electrons. The number of hydrogen-bond acceptors (Lipinski definition) is 3. The van der Waals surface area contributed by atoms with Gasteiger partial charge in [-0.3, -0.25) is 4.98 Å². The largest absolute Gasteiger partial charge is 0.488 e. The SMILES string of the molecule is CCCNc1cncc(OC/C=C/c2ccccc2)c1. The normalized spacial score (nSPS) is 10.7. The van der Waals surface area contributed by atoms with Gasteiger partial charge in [0, 0.05) is 12.6 Å². The molecular weight excluding hydrogens is 248 g/mol. The number of pyridine rings is 1. The van der Waals surface area contributed by atoms with Gasteiger partial charge in [-0.1, -0.05) is 43.3 Å². The lowest BCUT2D eigenvalue weighted by Gasteiger charge is -2.07. The van der Waals surface area contributed by atoms with Crippen molar-refractivity contribution in [1.82, 2.24) is 4.98 Å². The highest BCUT2D eigenvalue weighted by atomic mass is 16.5. The van der Waals surface area contributed by atoms with Crippen LogP contribution >= 0.6 is 0 Å². The van der Waals surface area contributed by atoms with Gasteiger partial charge in [0.25, 0.3) is 0 Å². The molecule has 0 aliphatic rings. The molecule has 3 heteroatoms. The van der Waals surface area contributed by atoms with E-state index in [1.165, 1.54) is 5.56 Å². The first kappa shape index (κ1) is 14.1. The Morgan fingerprint density at radius 2 is 2.05 bits per heavy atom. The van der Waals surface area contributed by atoms with Crippen LogP contribution in [0.4, 0.5) is 5.69 Å². The van der Waals surface area contributed by atoms with Gasteiger partial charge in [-0.2, -0.15) is 0 Å². The fourth-order valence-corrected chi connectivity index (χ4v) is 1.76. The zero-order valence-electron chi connectivity index (χ0n) is 11.8. The molecule has 0 spiro atoms. The molecule has 0 saturated carbocycles. The van der Waals surface area contributed by atoms with Crippen molar-refractivity contribution in [3.8, 4) is 5.75 Å². The van der Waals surface area contributed by atoms with Crippen molar-refractivity contribution in [2.45, 2.75) is 13.3 Å². The van der Waals surface area contributed by atoms with Crippen molar-refractivity contribution < 1.29 is 4.74 Å². The van der Waals surface area contributed by atoms with E-state index in [1.807, 2.05) is 42.6 Å². The zero-order valence-corrected chi connectivity index (χ0v) is 11.8. The number of ether oxygens (including phenoxy) is 1. The Kier molecular flexibility index (Phi) is 5.65. The maximum Gasteiger partial charge on any atom is 0.140 e. The lowest BCUT2D eigenvalue weighted by Crippen LogP contribution is -2.01. The first-order valence-corrected chi connectivity index (χ1v) is 6.92. The van der Waals surface area contributed by atoms with Crippen molar-refractivity contribution in [3.05, 3.63) is 60.4 Å². The third kappa shape index (κ3) is 4.76. The van der Waals surface area contributed by atoms with E-state index in [0.717, 1.165) is 24.4 Å². The summed E-state index contributed by atoms with van der Waals surface area (Å²) in [4.78, 5) is 4.16. The molecule has 2 rings (SSSR count). The van der Waals surface area contributed by atoms with Crippen LogP contribution in [0.2, 0.25) is 0 Å². The van der Waals surface area contributed by atoms with Crippen molar-refractivity contribution in [3.63, 3.8) is 0 Å². The number of aromatic nitrogens is 1. The van der Waals surface area contributed by atoms with E-state index in [1.54, 1.807) is 6.20 Å². The third-order valence-electron chi connectivity index (χ3n) is 2.75. The smallest absolute Gasteiger partial charge is 0.140 e. The molecule has 3 nitrogen and oxygen atoms in total. The molecule has 0 atom stereocenters. The van der Waals surface area contributed by atoms with Crippen molar-refractivity contribution in [2.75, 3.05) is 18.5 Å². The molecule has 0 radical (unpaired) electrons. The number of anilines is 1. The molecular formula is C17H20N2O. The van der Waals surface area contributed by atoms with Gasteiger partial charge in [-0.25, -0.2) is 0 Å². The molecule has 0 fully saturated rings. The predicted molar refractivity (Wildman–Crippen MR) is 84.0 cm³/mol. The summed E-state index contributed by atoms with van der Waals surface area (Å²) in [6, 6.07) is 12.1. The summed E-state index contributed by atoms with van der Waals surface area (Å²) in [7, 11) is 0. The van der Waals surface area contributed by atoms with E-state index >= 15 is 0 Å². The summed E-state index contributed by atoms with van der Waals surface area (Å²) in [5, 5.41) is 3.29. The Morgan fingerprint density at radius 1 is 1.20 bits per heavy atom. The summed E-state index contributed by atoms with van der Waals surface area (Å²) >= 11 is 0. The van der Waals surface area contributed by atoms with E-state index < -0.39 is 0 Å². The minimum atomic E-state index is 0.536. The molecule has 0 amide bonds. The van der Waals surface area contributed by atoms with E-state index in [9.17, 15) is 0 Å². The van der Waals surface area contributed by atoms with Gasteiger partial charge in [-0.15, -0.1) is 0 Å². The van der Waals surface area contributed by atoms with Crippen LogP contribution in [0.5, 0.6) is 5.75 Å². The van der Waals surface area contributed by atoms with Gasteiger partial charge >= 0.3 is 0 Å². The summed E-state index contributed by atoms with van der Waals surface area (Å²) in [5.41, 5.74) is 2.17. The summed E-state index contributed by atoms with van der Waals surface area (Å²) < 4.78 is 5.66. The fourth-order valence-electron chi connectivity index (χ4n) is 1.76. The summed E-state index contributed by atoms with van der Waals surface area (Å²) in [6.07, 6.45) is 8.68. The van der Waals surface area contributed by atoms with Gasteiger partial charge in [0.05, 0.1) is 18.1 Å². The minimum Gasteiger partial charge on any atom is -0.488 e. The van der Waals surface area contributed by atoms with Crippen LogP contribution in [-0.2, 0) is 0 Å². The van der Waals surface area contributed by atoms with Crippen LogP contribution in [0.3, 0.4) is 0 Å². The Labute approximate surface area is 120 Å². The number of nitrogens with one attached hydrogen (secondary N) is 1. The Morgan fingerprint density at radius 3 is 2.85 bits per heavy atom. The van der Waals surface area contributed by atoms with E-state index in [0.29, 0.717) is 6.61 Å². The molecule has 0 aliphatic carbocycles. The molecule has 1 N–H and O–H groups in total. The van der Waals surface area contributed by atoms with Gasteiger partial charge in [0.1, 0.15) is 12.4 Å². The van der Waals surface area contributed by atoms with Crippen molar-refractivity contribution in [1.29, 1.82) is 0 Å². The molecule has 0 saturated heterocycles. The maximum atomic E-state index is 5.66. The molecule has 1 heterocycles. The van der Waals surface area contributed by atoms with Crippen molar-refractivity contribution in [2.24, 2.45) is 0 Å². The van der Waals surface area contributed by atoms with Crippen LogP contribution in [0.25, 0.3) is 6.08 Å². The second-order valence-electron chi connectivity index (χ2n) is 4.46. The molecule has 0 aliphatic heterocycles. The topological polar surface area (TPSA) is 34.2 Å². The average molecular weight is 268 g/mol. The Bertz CT molecular complexity index is 538. The van der Waals surface area contributed by atoms with E-state index in [-0.39, 0.29) is 0 Å². The van der Waals surface area contributed by atoms with Gasteiger partial charge in [0.15, 0.2) is 0 Å². The van der Waals surface area contributed by atoms with E-state index in [4.69, 9.17) is 4.74 Å². The molecule has 0 bridgehead atoms. The summed E-state index contributed by atoms with van der Waals surface area (Å²) in [6.45, 7) is 3.61. The number of benzene rings is 1. The molecule has 1 aromatic carbocycles. The average Bonchev–Trinajstić information content (AvgIpc) is 2.51. The van der Waals surface area contributed by atoms with Crippen LogP contribution < -0.4 is 10.1 Å². The minimum absolute atomic E-state index is 0.536. The quantitative estimate of drug-likeness (QED) is 0.824. The standard InChI is InChI=1S/C17H20N2O/c1-2-10-19-16-12-17(14-18-13-16)20-11-6-9-15-7-4-3-5-8-15/h3-9,12-14,19H,2,10-11H2,1H3/b9-6+. The molecule has 20 heavy (non-hydrogen) atoms. The molecule has 0 unspecified atom stereocenters. The zero-order chi connectivity index (χ0) is 14.0. The molecule has 1 aromatic heterocycles. The predicted octanol–water partition coefficient (Wildman–Crippen LogP) is 4.00. The summed E-state index contributed by atoms with van der Waals surface area (Å²) in [5.74, 6) is 0.781. The van der Waals surface area contributed by atoms with Crippen molar-refractivity contribution >= 4 is 11.8 Å². The maximum absolute atomic E-state index is 5.66. The highest BCUT2D eigenvalue weighted by Gasteiger charge is 1.96. The van der Waals surface area contributed by atoms with Crippen LogP contribution in [0.1, 0.15) is 18.9 Å². The number of hydrogen-bond donors (Lipinski definition) is 1. The number of nitrogens with zero attached hydrogens (tertiary/aromatic N) is 1. The van der Waals surface area contributed by atoms with Gasteiger partial charge in [0.2, 0.25) is 0 Å². The van der Waals surface area contributed by atoms with Gasteiger partial charge in [-0.05, 0) is 18.1 Å². The lowest BCUT2D eigenvalue weighted by atomic mass is 10.2. The van der Waals surface area contributed by atoms with Crippen LogP contribution in [-0.4, -0.2) is 18.1 Å². The second-order valence-corrected chi connectivity index (χ2v) is 4.46. The fraction of sp³-hybridized carbons (Fsp3) is 0.235. The first-order chi connectivity index (χ1) is 9.88. The highest BCUT2D eigenvalue weighted by molar-refractivity contribution is 5.49.